The summed E-state index contributed by atoms with van der Waals surface area (Å²) in [6, 6.07) is 19.9. The largest absolute Gasteiger partial charge is 0.485 e. The molecule has 4 rings (SSSR count). The van der Waals surface area contributed by atoms with Crippen LogP contribution in [0, 0.1) is 5.82 Å². The molecule has 156 valence electrons. The Hall–Kier alpha value is -2.47. The lowest BCUT2D eigenvalue weighted by atomic mass is 10.0. The van der Waals surface area contributed by atoms with Gasteiger partial charge in [-0.3, -0.25) is 0 Å². The van der Waals surface area contributed by atoms with E-state index in [1.54, 1.807) is 12.4 Å². The molecule has 31 heavy (non-hydrogen) atoms. The third kappa shape index (κ3) is 5.24. The van der Waals surface area contributed by atoms with Crippen molar-refractivity contribution in [3.8, 4) is 17.1 Å². The zero-order chi connectivity index (χ0) is 21.8. The molecule has 1 unspecified atom stereocenters. The maximum Gasteiger partial charge on any atom is 0.159 e. The fraction of sp³-hybridized carbons (Fsp3) is 0.0833. The Labute approximate surface area is 198 Å². The highest BCUT2D eigenvalue weighted by Crippen LogP contribution is 2.37. The molecule has 0 aliphatic carbocycles. The number of rotatable bonds is 6. The highest BCUT2D eigenvalue weighted by atomic mass is 79.9. The third-order valence-corrected chi connectivity index (χ3v) is 5.78. The predicted octanol–water partition coefficient (Wildman–Crippen LogP) is 7.71. The first-order valence-corrected chi connectivity index (χ1v) is 11.0. The molecule has 0 N–H and O–H groups in total. The Kier molecular flexibility index (Phi) is 6.86. The Bertz CT molecular complexity index is 1190. The minimum absolute atomic E-state index is 0.0409. The molecule has 1 heterocycles. The van der Waals surface area contributed by atoms with Gasteiger partial charge in [0.05, 0.1) is 9.50 Å². The average molecular weight is 518 g/mol. The summed E-state index contributed by atoms with van der Waals surface area (Å²) in [5, 5.41) is 0.306. The Morgan fingerprint density at radius 1 is 0.935 bits per heavy atom. The van der Waals surface area contributed by atoms with Gasteiger partial charge in [0.25, 0.3) is 0 Å². The van der Waals surface area contributed by atoms with Gasteiger partial charge in [-0.25, -0.2) is 14.4 Å². The second-order valence-corrected chi connectivity index (χ2v) is 8.51. The van der Waals surface area contributed by atoms with Crippen LogP contribution in [0.1, 0.15) is 17.2 Å². The SMILES string of the molecule is Fc1ccc(Cl)c(C(Cc2ccccc2)Oc2cccc(-c3ncc(Br)cn3)c2)c1Cl. The summed E-state index contributed by atoms with van der Waals surface area (Å²) in [5.74, 6) is 0.594. The summed E-state index contributed by atoms with van der Waals surface area (Å²) < 4.78 is 21.3. The first-order valence-electron chi connectivity index (χ1n) is 9.43. The minimum atomic E-state index is -0.598. The fourth-order valence-corrected chi connectivity index (χ4v) is 4.02. The van der Waals surface area contributed by atoms with Crippen LogP contribution in [0.2, 0.25) is 10.0 Å². The topological polar surface area (TPSA) is 35.0 Å². The van der Waals surface area contributed by atoms with E-state index >= 15 is 0 Å². The summed E-state index contributed by atoms with van der Waals surface area (Å²) in [4.78, 5) is 8.66. The summed E-state index contributed by atoms with van der Waals surface area (Å²) >= 11 is 16.1. The zero-order valence-electron chi connectivity index (χ0n) is 16.1. The lowest BCUT2D eigenvalue weighted by molar-refractivity contribution is 0.206. The summed E-state index contributed by atoms with van der Waals surface area (Å²) in [6.45, 7) is 0. The molecule has 0 saturated heterocycles. The number of hydrogen-bond donors (Lipinski definition) is 0. The lowest BCUT2D eigenvalue weighted by Crippen LogP contribution is -2.13. The molecule has 0 fully saturated rings. The van der Waals surface area contributed by atoms with Gasteiger partial charge in [-0.15, -0.1) is 0 Å². The molecular formula is C24H16BrCl2FN2O. The number of hydrogen-bond acceptors (Lipinski definition) is 3. The number of halogens is 4. The van der Waals surface area contributed by atoms with Crippen molar-refractivity contribution in [1.29, 1.82) is 0 Å². The zero-order valence-corrected chi connectivity index (χ0v) is 19.2. The monoisotopic (exact) mass is 516 g/mol. The first-order chi connectivity index (χ1) is 15.0. The second kappa shape index (κ2) is 9.77. The van der Waals surface area contributed by atoms with Crippen LogP contribution in [0.5, 0.6) is 5.75 Å². The van der Waals surface area contributed by atoms with Crippen LogP contribution in [-0.2, 0) is 6.42 Å². The van der Waals surface area contributed by atoms with Gasteiger partial charge in [0.1, 0.15) is 17.7 Å². The Morgan fingerprint density at radius 2 is 1.68 bits per heavy atom. The molecule has 1 atom stereocenters. The van der Waals surface area contributed by atoms with E-state index in [1.807, 2.05) is 54.6 Å². The Balaban J connectivity index is 1.71. The van der Waals surface area contributed by atoms with Crippen molar-refractivity contribution < 1.29 is 9.13 Å². The van der Waals surface area contributed by atoms with Crippen molar-refractivity contribution in [2.24, 2.45) is 0 Å². The van der Waals surface area contributed by atoms with Crippen LogP contribution >= 0.6 is 39.1 Å². The maximum atomic E-state index is 14.2. The highest BCUT2D eigenvalue weighted by molar-refractivity contribution is 9.10. The standard InChI is InChI=1S/C24H16BrCl2FN2O/c25-17-13-29-24(30-14-17)16-7-4-8-18(12-16)31-21(11-15-5-2-1-3-6-15)22-19(26)9-10-20(28)23(22)27/h1-10,12-14,21H,11H2. The van der Waals surface area contributed by atoms with Crippen LogP contribution < -0.4 is 4.74 Å². The molecule has 0 amide bonds. The van der Waals surface area contributed by atoms with Crippen LogP contribution in [-0.4, -0.2) is 9.97 Å². The van der Waals surface area contributed by atoms with Gasteiger partial charge in [0, 0.05) is 35.0 Å². The van der Waals surface area contributed by atoms with E-state index in [0.29, 0.717) is 28.6 Å². The van der Waals surface area contributed by atoms with Crippen molar-refractivity contribution >= 4 is 39.1 Å². The van der Waals surface area contributed by atoms with Gasteiger partial charge in [-0.2, -0.15) is 0 Å². The van der Waals surface area contributed by atoms with Gasteiger partial charge >= 0.3 is 0 Å². The van der Waals surface area contributed by atoms with E-state index in [0.717, 1.165) is 15.6 Å². The molecule has 0 bridgehead atoms. The molecule has 0 spiro atoms. The van der Waals surface area contributed by atoms with Gasteiger partial charge < -0.3 is 4.74 Å². The van der Waals surface area contributed by atoms with E-state index in [1.165, 1.54) is 12.1 Å². The van der Waals surface area contributed by atoms with Crippen molar-refractivity contribution in [3.05, 3.63) is 111 Å². The highest BCUT2D eigenvalue weighted by Gasteiger charge is 2.23. The van der Waals surface area contributed by atoms with Crippen LogP contribution in [0.3, 0.4) is 0 Å². The number of ether oxygens (including phenoxy) is 1. The molecule has 7 heteroatoms. The molecule has 0 aliphatic heterocycles. The lowest BCUT2D eigenvalue weighted by Gasteiger charge is -2.22. The first kappa shape index (κ1) is 21.8. The minimum Gasteiger partial charge on any atom is -0.485 e. The van der Waals surface area contributed by atoms with Gasteiger partial charge in [0.2, 0.25) is 0 Å². The van der Waals surface area contributed by atoms with Gasteiger partial charge in [-0.05, 0) is 45.8 Å². The number of benzene rings is 3. The second-order valence-electron chi connectivity index (χ2n) is 6.81. The van der Waals surface area contributed by atoms with E-state index < -0.39 is 11.9 Å². The third-order valence-electron chi connectivity index (χ3n) is 4.66. The van der Waals surface area contributed by atoms with E-state index in [2.05, 4.69) is 25.9 Å². The number of nitrogens with zero attached hydrogens (tertiary/aromatic N) is 2. The van der Waals surface area contributed by atoms with Crippen molar-refractivity contribution in [2.45, 2.75) is 12.5 Å². The van der Waals surface area contributed by atoms with Crippen LogP contribution in [0.25, 0.3) is 11.4 Å². The molecule has 1 aromatic heterocycles. The molecule has 4 aromatic rings. The quantitative estimate of drug-likeness (QED) is 0.245. The van der Waals surface area contributed by atoms with Crippen molar-refractivity contribution in [3.63, 3.8) is 0 Å². The van der Waals surface area contributed by atoms with E-state index in [-0.39, 0.29) is 5.02 Å². The van der Waals surface area contributed by atoms with Crippen molar-refractivity contribution in [2.75, 3.05) is 0 Å². The normalized spacial score (nSPS) is 11.9. The van der Waals surface area contributed by atoms with E-state index in [4.69, 9.17) is 27.9 Å². The summed E-state index contributed by atoms with van der Waals surface area (Å²) in [7, 11) is 0. The summed E-state index contributed by atoms with van der Waals surface area (Å²) in [5.41, 5.74) is 2.22. The Morgan fingerprint density at radius 3 is 2.42 bits per heavy atom. The van der Waals surface area contributed by atoms with Gasteiger partial charge in [-0.1, -0.05) is 65.7 Å². The molecule has 0 radical (unpaired) electrons. The van der Waals surface area contributed by atoms with Crippen LogP contribution in [0.15, 0.2) is 83.6 Å². The molecular weight excluding hydrogens is 502 g/mol. The smallest absolute Gasteiger partial charge is 0.159 e. The molecule has 3 nitrogen and oxygen atoms in total. The van der Waals surface area contributed by atoms with Gasteiger partial charge in [0.15, 0.2) is 5.82 Å². The van der Waals surface area contributed by atoms with Crippen LogP contribution in [0.4, 0.5) is 4.39 Å². The van der Waals surface area contributed by atoms with E-state index in [9.17, 15) is 4.39 Å². The molecule has 3 aromatic carbocycles. The molecule has 0 saturated carbocycles. The molecule has 0 aliphatic rings. The fourth-order valence-electron chi connectivity index (χ4n) is 3.20. The maximum absolute atomic E-state index is 14.2. The van der Waals surface area contributed by atoms with Crippen molar-refractivity contribution in [1.82, 2.24) is 9.97 Å². The number of aromatic nitrogens is 2. The average Bonchev–Trinajstić information content (AvgIpc) is 2.78. The summed E-state index contributed by atoms with van der Waals surface area (Å²) in [6.07, 6.45) is 3.22. The predicted molar refractivity (Wildman–Crippen MR) is 125 cm³/mol.